The Morgan fingerprint density at radius 3 is 2.97 bits per heavy atom. The standard InChI is InChI=1S/C23H23FN2O3/c1-16-13-17-5-2-3-8-21(17)26(16)15-22-20(9-11-29-22)23(27)25-10-12-28-19-7-4-6-18(24)14-19/h2-9,11,14,16H,10,12-13,15H2,1H3,(H,25,27). The van der Waals surface area contributed by atoms with E-state index in [1.807, 2.05) is 12.1 Å². The summed E-state index contributed by atoms with van der Waals surface area (Å²) in [5.41, 5.74) is 3.02. The minimum atomic E-state index is -0.354. The quantitative estimate of drug-likeness (QED) is 0.611. The van der Waals surface area contributed by atoms with Crippen LogP contribution in [0.4, 0.5) is 10.1 Å². The number of benzene rings is 2. The summed E-state index contributed by atoms with van der Waals surface area (Å²) in [6.07, 6.45) is 2.52. The fourth-order valence-corrected chi connectivity index (χ4v) is 3.68. The Balaban J connectivity index is 1.34. The number of hydrogen-bond donors (Lipinski definition) is 1. The van der Waals surface area contributed by atoms with Crippen molar-refractivity contribution >= 4 is 11.6 Å². The number of anilines is 1. The molecule has 2 aromatic carbocycles. The van der Waals surface area contributed by atoms with Crippen molar-refractivity contribution in [2.24, 2.45) is 0 Å². The van der Waals surface area contributed by atoms with Crippen molar-refractivity contribution in [1.29, 1.82) is 0 Å². The molecule has 0 radical (unpaired) electrons. The van der Waals surface area contributed by atoms with E-state index in [0.717, 1.165) is 6.42 Å². The highest BCUT2D eigenvalue weighted by Gasteiger charge is 2.27. The van der Waals surface area contributed by atoms with Crippen LogP contribution in [0.3, 0.4) is 0 Å². The van der Waals surface area contributed by atoms with E-state index in [-0.39, 0.29) is 18.3 Å². The van der Waals surface area contributed by atoms with Gasteiger partial charge in [0.05, 0.1) is 24.9 Å². The van der Waals surface area contributed by atoms with Gasteiger partial charge in [-0.3, -0.25) is 4.79 Å². The number of carbonyl (C=O) groups is 1. The minimum Gasteiger partial charge on any atom is -0.492 e. The second kappa shape index (κ2) is 8.39. The maximum absolute atomic E-state index is 13.2. The molecule has 0 saturated carbocycles. The van der Waals surface area contributed by atoms with Crippen molar-refractivity contribution in [2.75, 3.05) is 18.1 Å². The molecular weight excluding hydrogens is 371 g/mol. The van der Waals surface area contributed by atoms with Gasteiger partial charge in [-0.15, -0.1) is 0 Å². The zero-order valence-corrected chi connectivity index (χ0v) is 16.2. The number of furan rings is 1. The number of nitrogens with zero attached hydrogens (tertiary/aromatic N) is 1. The van der Waals surface area contributed by atoms with E-state index in [9.17, 15) is 9.18 Å². The number of fused-ring (bicyclic) bond motifs is 1. The number of halogens is 1. The molecule has 29 heavy (non-hydrogen) atoms. The molecule has 3 aromatic rings. The molecule has 0 bridgehead atoms. The molecule has 6 heteroatoms. The molecule has 0 spiro atoms. The lowest BCUT2D eigenvalue weighted by molar-refractivity contribution is 0.0945. The molecule has 1 aliphatic heterocycles. The molecule has 1 amide bonds. The summed E-state index contributed by atoms with van der Waals surface area (Å²) in [4.78, 5) is 14.8. The van der Waals surface area contributed by atoms with Crippen LogP contribution >= 0.6 is 0 Å². The number of rotatable bonds is 7. The fourth-order valence-electron chi connectivity index (χ4n) is 3.68. The SMILES string of the molecule is CC1Cc2ccccc2N1Cc1occc1C(=O)NCCOc1cccc(F)c1. The number of para-hydroxylation sites is 1. The molecule has 0 saturated heterocycles. The third-order valence-corrected chi connectivity index (χ3v) is 5.10. The second-order valence-electron chi connectivity index (χ2n) is 7.13. The van der Waals surface area contributed by atoms with Gasteiger partial charge in [0.15, 0.2) is 0 Å². The first kappa shape index (κ1) is 19.1. The summed E-state index contributed by atoms with van der Waals surface area (Å²) in [5.74, 6) is 0.506. The number of hydrogen-bond acceptors (Lipinski definition) is 4. The predicted molar refractivity (Wildman–Crippen MR) is 109 cm³/mol. The Morgan fingerprint density at radius 1 is 1.24 bits per heavy atom. The van der Waals surface area contributed by atoms with Crippen molar-refractivity contribution < 1.29 is 18.3 Å². The van der Waals surface area contributed by atoms with Gasteiger partial charge in [-0.05, 0) is 43.2 Å². The summed E-state index contributed by atoms with van der Waals surface area (Å²) in [5, 5.41) is 2.83. The van der Waals surface area contributed by atoms with Gasteiger partial charge in [-0.25, -0.2) is 4.39 Å². The number of nitrogens with one attached hydrogen (secondary N) is 1. The van der Waals surface area contributed by atoms with Crippen LogP contribution in [0.15, 0.2) is 65.3 Å². The Labute approximate surface area is 169 Å². The van der Waals surface area contributed by atoms with Gasteiger partial charge in [0.1, 0.15) is 23.9 Å². The first-order chi connectivity index (χ1) is 14.1. The van der Waals surface area contributed by atoms with Gasteiger partial charge in [-0.1, -0.05) is 24.3 Å². The molecule has 1 atom stereocenters. The summed E-state index contributed by atoms with van der Waals surface area (Å²) >= 11 is 0. The summed E-state index contributed by atoms with van der Waals surface area (Å²) < 4.78 is 24.2. The molecule has 0 fully saturated rings. The highest BCUT2D eigenvalue weighted by Crippen LogP contribution is 2.33. The van der Waals surface area contributed by atoms with E-state index < -0.39 is 0 Å². The number of ether oxygens (including phenoxy) is 1. The molecule has 5 nitrogen and oxygen atoms in total. The molecule has 1 N–H and O–H groups in total. The molecule has 2 heterocycles. The first-order valence-corrected chi connectivity index (χ1v) is 9.69. The van der Waals surface area contributed by atoms with Gasteiger partial charge in [0, 0.05) is 17.8 Å². The van der Waals surface area contributed by atoms with Crippen molar-refractivity contribution in [3.8, 4) is 5.75 Å². The van der Waals surface area contributed by atoms with Crippen molar-refractivity contribution in [2.45, 2.75) is 25.9 Å². The summed E-state index contributed by atoms with van der Waals surface area (Å²) in [6, 6.07) is 16.3. The Morgan fingerprint density at radius 2 is 2.10 bits per heavy atom. The van der Waals surface area contributed by atoms with E-state index in [2.05, 4.69) is 29.3 Å². The molecule has 150 valence electrons. The topological polar surface area (TPSA) is 54.7 Å². The van der Waals surface area contributed by atoms with Gasteiger partial charge < -0.3 is 19.4 Å². The normalized spacial score (nSPS) is 15.2. The zero-order chi connectivity index (χ0) is 20.2. The van der Waals surface area contributed by atoms with E-state index in [0.29, 0.717) is 36.2 Å². The second-order valence-corrected chi connectivity index (χ2v) is 7.13. The van der Waals surface area contributed by atoms with Gasteiger partial charge in [0.2, 0.25) is 0 Å². The smallest absolute Gasteiger partial charge is 0.255 e. The molecule has 1 unspecified atom stereocenters. The highest BCUT2D eigenvalue weighted by atomic mass is 19.1. The molecule has 1 aromatic heterocycles. The molecular formula is C23H23FN2O3. The van der Waals surface area contributed by atoms with Gasteiger partial charge in [-0.2, -0.15) is 0 Å². The van der Waals surface area contributed by atoms with E-state index in [1.54, 1.807) is 24.5 Å². The molecule has 0 aliphatic carbocycles. The fraction of sp³-hybridized carbons (Fsp3) is 0.261. The molecule has 4 rings (SSSR count). The lowest BCUT2D eigenvalue weighted by Gasteiger charge is -2.24. The van der Waals surface area contributed by atoms with Crippen LogP contribution in [0.25, 0.3) is 0 Å². The third kappa shape index (κ3) is 4.26. The van der Waals surface area contributed by atoms with Crippen molar-refractivity contribution in [3.05, 3.63) is 83.6 Å². The third-order valence-electron chi connectivity index (χ3n) is 5.10. The van der Waals surface area contributed by atoms with E-state index in [4.69, 9.17) is 9.15 Å². The Kier molecular flexibility index (Phi) is 5.51. The Bertz CT molecular complexity index is 1000. The van der Waals surface area contributed by atoms with Crippen LogP contribution < -0.4 is 15.0 Å². The lowest BCUT2D eigenvalue weighted by Crippen LogP contribution is -2.31. The molecule has 1 aliphatic rings. The minimum absolute atomic E-state index is 0.211. The predicted octanol–water partition coefficient (Wildman–Crippen LogP) is 4.18. The maximum atomic E-state index is 13.2. The van der Waals surface area contributed by atoms with E-state index in [1.165, 1.54) is 23.4 Å². The van der Waals surface area contributed by atoms with Crippen LogP contribution in [0, 0.1) is 5.82 Å². The number of amides is 1. The first-order valence-electron chi connectivity index (χ1n) is 9.69. The van der Waals surface area contributed by atoms with Crippen LogP contribution in [-0.2, 0) is 13.0 Å². The van der Waals surface area contributed by atoms with Crippen LogP contribution in [0.5, 0.6) is 5.75 Å². The average Bonchev–Trinajstić information content (AvgIpc) is 3.30. The Hall–Kier alpha value is -3.28. The zero-order valence-electron chi connectivity index (χ0n) is 16.2. The van der Waals surface area contributed by atoms with Gasteiger partial charge in [0.25, 0.3) is 5.91 Å². The average molecular weight is 394 g/mol. The highest BCUT2D eigenvalue weighted by molar-refractivity contribution is 5.95. The van der Waals surface area contributed by atoms with Crippen molar-refractivity contribution in [1.82, 2.24) is 5.32 Å². The van der Waals surface area contributed by atoms with Crippen LogP contribution in [0.2, 0.25) is 0 Å². The maximum Gasteiger partial charge on any atom is 0.255 e. The largest absolute Gasteiger partial charge is 0.492 e. The number of carbonyl (C=O) groups excluding carboxylic acids is 1. The van der Waals surface area contributed by atoms with E-state index >= 15 is 0 Å². The van der Waals surface area contributed by atoms with Crippen LogP contribution in [-0.4, -0.2) is 25.1 Å². The summed E-state index contributed by atoms with van der Waals surface area (Å²) in [7, 11) is 0. The van der Waals surface area contributed by atoms with Gasteiger partial charge >= 0.3 is 0 Å². The summed E-state index contributed by atoms with van der Waals surface area (Å²) in [6.45, 7) is 3.27. The van der Waals surface area contributed by atoms with Crippen molar-refractivity contribution in [3.63, 3.8) is 0 Å². The monoisotopic (exact) mass is 394 g/mol. The lowest BCUT2D eigenvalue weighted by atomic mass is 10.1. The van der Waals surface area contributed by atoms with Crippen LogP contribution in [0.1, 0.15) is 28.6 Å².